The van der Waals surface area contributed by atoms with E-state index in [2.05, 4.69) is 0 Å². The van der Waals surface area contributed by atoms with E-state index < -0.39 is 18.4 Å². The van der Waals surface area contributed by atoms with Crippen LogP contribution in [-0.4, -0.2) is 18.4 Å². The first kappa shape index (κ1) is 16.0. The highest BCUT2D eigenvalue weighted by Crippen LogP contribution is 2.14. The molecule has 0 aliphatic rings. The number of rotatable bonds is 4. The predicted molar refractivity (Wildman–Crippen MR) is 88.5 cm³/mol. The van der Waals surface area contributed by atoms with E-state index >= 15 is 0 Å². The Morgan fingerprint density at radius 3 is 2.62 bits per heavy atom. The van der Waals surface area contributed by atoms with Crippen LogP contribution in [0.15, 0.2) is 63.8 Å². The predicted octanol–water partition coefficient (Wildman–Crippen LogP) is 3.49. The van der Waals surface area contributed by atoms with Crippen LogP contribution in [0.25, 0.3) is 11.0 Å². The molecular formula is C18H11ClO5. The summed E-state index contributed by atoms with van der Waals surface area (Å²) in [7, 11) is 0. The van der Waals surface area contributed by atoms with Crippen molar-refractivity contribution in [3.8, 4) is 0 Å². The van der Waals surface area contributed by atoms with E-state index in [-0.39, 0.29) is 16.8 Å². The minimum atomic E-state index is -0.881. The average Bonchev–Trinajstić information content (AvgIpc) is 2.59. The molecule has 0 spiro atoms. The second kappa shape index (κ2) is 6.68. The monoisotopic (exact) mass is 342 g/mol. The lowest BCUT2D eigenvalue weighted by atomic mass is 10.1. The third-order valence-electron chi connectivity index (χ3n) is 3.32. The van der Waals surface area contributed by atoms with Gasteiger partial charge in [0.1, 0.15) is 5.58 Å². The summed E-state index contributed by atoms with van der Waals surface area (Å²) in [6, 6.07) is 13.9. The van der Waals surface area contributed by atoms with Crippen LogP contribution in [0.2, 0.25) is 5.02 Å². The maximum atomic E-state index is 12.0. The van der Waals surface area contributed by atoms with Crippen molar-refractivity contribution in [3.63, 3.8) is 0 Å². The summed E-state index contributed by atoms with van der Waals surface area (Å²) >= 11 is 5.81. The number of benzene rings is 2. The molecule has 0 N–H and O–H groups in total. The number of hydrogen-bond acceptors (Lipinski definition) is 5. The number of hydrogen-bond donors (Lipinski definition) is 0. The van der Waals surface area contributed by atoms with Gasteiger partial charge in [-0.25, -0.2) is 4.79 Å². The fraction of sp³-hybridized carbons (Fsp3) is 0.0556. The number of para-hydroxylation sites is 1. The molecule has 0 aliphatic heterocycles. The van der Waals surface area contributed by atoms with Crippen molar-refractivity contribution < 1.29 is 18.7 Å². The van der Waals surface area contributed by atoms with E-state index in [1.807, 2.05) is 0 Å². The standard InChI is InChI=1S/C18H11ClO5/c19-12-5-3-4-11(8-12)15(21)10-23-18(22)17-9-14(20)13-6-1-2-7-16(13)24-17/h1-9H,10H2. The fourth-order valence-corrected chi connectivity index (χ4v) is 2.34. The van der Waals surface area contributed by atoms with Crippen molar-refractivity contribution in [1.82, 2.24) is 0 Å². The zero-order valence-corrected chi connectivity index (χ0v) is 13.1. The van der Waals surface area contributed by atoms with Gasteiger partial charge in [-0.2, -0.15) is 0 Å². The van der Waals surface area contributed by atoms with Gasteiger partial charge >= 0.3 is 5.97 Å². The molecule has 0 saturated carbocycles. The number of halogens is 1. The molecule has 1 aromatic heterocycles. The van der Waals surface area contributed by atoms with Crippen molar-refractivity contribution >= 4 is 34.3 Å². The van der Waals surface area contributed by atoms with E-state index in [1.54, 1.807) is 42.5 Å². The van der Waals surface area contributed by atoms with Gasteiger partial charge in [0, 0.05) is 16.7 Å². The van der Waals surface area contributed by atoms with Crippen LogP contribution in [0.1, 0.15) is 20.9 Å². The molecule has 0 aliphatic carbocycles. The Morgan fingerprint density at radius 2 is 1.83 bits per heavy atom. The topological polar surface area (TPSA) is 73.6 Å². The van der Waals surface area contributed by atoms with Gasteiger partial charge in [-0.15, -0.1) is 0 Å². The third-order valence-corrected chi connectivity index (χ3v) is 3.55. The smallest absolute Gasteiger partial charge is 0.374 e. The number of Topliss-reactive ketones (excluding diaryl/α,β-unsaturated/α-hetero) is 1. The molecule has 6 heteroatoms. The van der Waals surface area contributed by atoms with E-state index in [9.17, 15) is 14.4 Å². The molecule has 2 aromatic carbocycles. The minimum absolute atomic E-state index is 0.252. The Morgan fingerprint density at radius 1 is 1.04 bits per heavy atom. The molecule has 0 atom stereocenters. The number of esters is 1. The maximum absolute atomic E-state index is 12.0. The highest BCUT2D eigenvalue weighted by Gasteiger charge is 2.16. The second-order valence-electron chi connectivity index (χ2n) is 4.98. The van der Waals surface area contributed by atoms with Crippen LogP contribution in [0.3, 0.4) is 0 Å². The largest absolute Gasteiger partial charge is 0.451 e. The Bertz CT molecular complexity index is 990. The zero-order chi connectivity index (χ0) is 17.1. The molecule has 0 unspecified atom stereocenters. The highest BCUT2D eigenvalue weighted by atomic mass is 35.5. The summed E-state index contributed by atoms with van der Waals surface area (Å²) in [6.45, 7) is -0.476. The Hall–Kier alpha value is -2.92. The van der Waals surface area contributed by atoms with Gasteiger partial charge < -0.3 is 9.15 Å². The van der Waals surface area contributed by atoms with Crippen molar-refractivity contribution in [2.75, 3.05) is 6.61 Å². The first-order chi connectivity index (χ1) is 11.5. The lowest BCUT2D eigenvalue weighted by Gasteiger charge is -2.05. The number of ether oxygens (including phenoxy) is 1. The van der Waals surface area contributed by atoms with Crippen LogP contribution >= 0.6 is 11.6 Å². The molecule has 0 bridgehead atoms. The Kier molecular flexibility index (Phi) is 4.44. The van der Waals surface area contributed by atoms with E-state index in [0.29, 0.717) is 16.0 Å². The van der Waals surface area contributed by atoms with Crippen molar-refractivity contribution in [3.05, 3.63) is 81.2 Å². The number of ketones is 1. The lowest BCUT2D eigenvalue weighted by Crippen LogP contribution is -2.15. The number of carbonyl (C=O) groups excluding carboxylic acids is 2. The highest BCUT2D eigenvalue weighted by molar-refractivity contribution is 6.31. The summed E-state index contributed by atoms with van der Waals surface area (Å²) in [5.74, 6) is -1.54. The summed E-state index contributed by atoms with van der Waals surface area (Å²) < 4.78 is 10.3. The van der Waals surface area contributed by atoms with Gasteiger partial charge in [-0.05, 0) is 24.3 Å². The molecule has 3 rings (SSSR count). The summed E-state index contributed by atoms with van der Waals surface area (Å²) in [5, 5.41) is 0.775. The molecule has 0 fully saturated rings. The Balaban J connectivity index is 1.76. The molecule has 0 radical (unpaired) electrons. The first-order valence-corrected chi connectivity index (χ1v) is 7.41. The third kappa shape index (κ3) is 3.36. The van der Waals surface area contributed by atoms with E-state index in [0.717, 1.165) is 6.07 Å². The number of carbonyl (C=O) groups is 2. The minimum Gasteiger partial charge on any atom is -0.451 e. The SMILES string of the molecule is O=C(COC(=O)c1cc(=O)c2ccccc2o1)c1cccc(Cl)c1. The van der Waals surface area contributed by atoms with Gasteiger partial charge in [0.15, 0.2) is 17.8 Å². The summed E-state index contributed by atoms with van der Waals surface area (Å²) in [6.07, 6.45) is 0. The van der Waals surface area contributed by atoms with Crippen molar-refractivity contribution in [1.29, 1.82) is 0 Å². The van der Waals surface area contributed by atoms with E-state index in [1.165, 1.54) is 6.07 Å². The van der Waals surface area contributed by atoms with E-state index in [4.69, 9.17) is 20.8 Å². The van der Waals surface area contributed by atoms with Crippen LogP contribution in [0, 0.1) is 0 Å². The van der Waals surface area contributed by atoms with Crippen LogP contribution in [0.5, 0.6) is 0 Å². The quantitative estimate of drug-likeness (QED) is 0.536. The van der Waals surface area contributed by atoms with Gasteiger partial charge in [-0.3, -0.25) is 9.59 Å². The number of fused-ring (bicyclic) bond motifs is 1. The molecule has 24 heavy (non-hydrogen) atoms. The molecule has 0 saturated heterocycles. The molecule has 0 amide bonds. The molecular weight excluding hydrogens is 332 g/mol. The summed E-state index contributed by atoms with van der Waals surface area (Å²) in [5.41, 5.74) is 0.248. The van der Waals surface area contributed by atoms with Gasteiger partial charge in [0.2, 0.25) is 5.76 Å². The van der Waals surface area contributed by atoms with Gasteiger partial charge in [-0.1, -0.05) is 35.9 Å². The Labute approximate surface area is 141 Å². The fourth-order valence-electron chi connectivity index (χ4n) is 2.15. The average molecular weight is 343 g/mol. The van der Waals surface area contributed by atoms with Crippen molar-refractivity contribution in [2.45, 2.75) is 0 Å². The van der Waals surface area contributed by atoms with Crippen LogP contribution in [0.4, 0.5) is 0 Å². The summed E-state index contributed by atoms with van der Waals surface area (Å²) in [4.78, 5) is 35.9. The van der Waals surface area contributed by atoms with Crippen LogP contribution in [-0.2, 0) is 4.74 Å². The zero-order valence-electron chi connectivity index (χ0n) is 12.3. The first-order valence-electron chi connectivity index (χ1n) is 7.03. The molecule has 5 nitrogen and oxygen atoms in total. The van der Waals surface area contributed by atoms with Crippen LogP contribution < -0.4 is 5.43 Å². The van der Waals surface area contributed by atoms with Gasteiger partial charge in [0.25, 0.3) is 0 Å². The maximum Gasteiger partial charge on any atom is 0.374 e. The van der Waals surface area contributed by atoms with Crippen molar-refractivity contribution in [2.24, 2.45) is 0 Å². The molecule has 1 heterocycles. The molecule has 120 valence electrons. The molecule has 3 aromatic rings. The van der Waals surface area contributed by atoms with Gasteiger partial charge in [0.05, 0.1) is 5.39 Å². The normalized spacial score (nSPS) is 10.5. The lowest BCUT2D eigenvalue weighted by molar-refractivity contribution is 0.0444. The second-order valence-corrected chi connectivity index (χ2v) is 5.42.